The molecule has 3 rings (SSSR count). The normalized spacial score (nSPS) is 44.8. The molecular formula is C15H27NO2. The van der Waals surface area contributed by atoms with Gasteiger partial charge in [-0.15, -0.1) is 0 Å². The van der Waals surface area contributed by atoms with Crippen molar-refractivity contribution < 1.29 is 9.47 Å². The van der Waals surface area contributed by atoms with E-state index in [1.165, 1.54) is 32.1 Å². The number of nitrogens with one attached hydrogen (secondary N) is 1. The lowest BCUT2D eigenvalue weighted by Gasteiger charge is -2.39. The van der Waals surface area contributed by atoms with Gasteiger partial charge in [0.15, 0.2) is 0 Å². The van der Waals surface area contributed by atoms with Gasteiger partial charge in [0.05, 0.1) is 12.2 Å². The van der Waals surface area contributed by atoms with Crippen LogP contribution in [0.3, 0.4) is 0 Å². The second kappa shape index (κ2) is 5.48. The first-order chi connectivity index (χ1) is 8.81. The van der Waals surface area contributed by atoms with E-state index in [9.17, 15) is 0 Å². The highest BCUT2D eigenvalue weighted by Crippen LogP contribution is 2.43. The zero-order valence-electron chi connectivity index (χ0n) is 11.6. The highest BCUT2D eigenvalue weighted by atomic mass is 16.6. The van der Waals surface area contributed by atoms with Gasteiger partial charge < -0.3 is 14.8 Å². The number of hydrogen-bond acceptors (Lipinski definition) is 3. The summed E-state index contributed by atoms with van der Waals surface area (Å²) in [7, 11) is 0. The highest BCUT2D eigenvalue weighted by molar-refractivity contribution is 4.94. The molecule has 1 N–H and O–H groups in total. The molecule has 4 unspecified atom stereocenters. The standard InChI is InChI=1S/C15H27NO2/c1-2-16-14-4-3-12(9-14)13-5-7-18-15(10-13)6-8-17-11-15/h12-14,16H,2-11H2,1H3. The van der Waals surface area contributed by atoms with Gasteiger partial charge in [-0.1, -0.05) is 6.92 Å². The second-order valence-electron chi connectivity index (χ2n) is 6.41. The Morgan fingerprint density at radius 1 is 1.17 bits per heavy atom. The molecule has 3 aliphatic rings. The molecule has 1 saturated carbocycles. The predicted octanol–water partition coefficient (Wildman–Crippen LogP) is 2.35. The largest absolute Gasteiger partial charge is 0.378 e. The smallest absolute Gasteiger partial charge is 0.0939 e. The van der Waals surface area contributed by atoms with E-state index < -0.39 is 0 Å². The Labute approximate surface area is 111 Å². The van der Waals surface area contributed by atoms with E-state index in [1.807, 2.05) is 0 Å². The molecule has 2 aliphatic heterocycles. The summed E-state index contributed by atoms with van der Waals surface area (Å²) in [6, 6.07) is 0.777. The highest BCUT2D eigenvalue weighted by Gasteiger charge is 2.44. The molecular weight excluding hydrogens is 226 g/mol. The summed E-state index contributed by atoms with van der Waals surface area (Å²) in [6.07, 6.45) is 7.81. The average Bonchev–Trinajstić information content (AvgIpc) is 3.00. The van der Waals surface area contributed by atoms with Crippen LogP contribution in [-0.2, 0) is 9.47 Å². The van der Waals surface area contributed by atoms with E-state index in [0.29, 0.717) is 0 Å². The molecule has 1 aliphatic carbocycles. The molecule has 0 aromatic rings. The molecule has 4 atom stereocenters. The van der Waals surface area contributed by atoms with E-state index >= 15 is 0 Å². The Morgan fingerprint density at radius 3 is 2.89 bits per heavy atom. The van der Waals surface area contributed by atoms with Crippen LogP contribution in [0.15, 0.2) is 0 Å². The van der Waals surface area contributed by atoms with Crippen molar-refractivity contribution in [2.75, 3.05) is 26.4 Å². The van der Waals surface area contributed by atoms with Crippen molar-refractivity contribution in [3.63, 3.8) is 0 Å². The molecule has 0 radical (unpaired) electrons. The molecule has 0 amide bonds. The third-order valence-electron chi connectivity index (χ3n) is 5.23. The van der Waals surface area contributed by atoms with Crippen molar-refractivity contribution in [1.29, 1.82) is 0 Å². The van der Waals surface area contributed by atoms with Crippen LogP contribution in [0, 0.1) is 11.8 Å². The molecule has 0 bridgehead atoms. The van der Waals surface area contributed by atoms with E-state index in [1.54, 1.807) is 0 Å². The zero-order chi connectivity index (χ0) is 12.4. The van der Waals surface area contributed by atoms with Crippen LogP contribution in [0.1, 0.15) is 45.4 Å². The van der Waals surface area contributed by atoms with E-state index in [4.69, 9.17) is 9.47 Å². The van der Waals surface area contributed by atoms with Crippen LogP contribution in [0.5, 0.6) is 0 Å². The minimum atomic E-state index is 0.0964. The van der Waals surface area contributed by atoms with Crippen LogP contribution < -0.4 is 5.32 Å². The molecule has 3 nitrogen and oxygen atoms in total. The SMILES string of the molecule is CCNC1CCC(C2CCOC3(CCOC3)C2)C1. The van der Waals surface area contributed by atoms with E-state index in [-0.39, 0.29) is 5.60 Å². The van der Waals surface area contributed by atoms with Crippen LogP contribution in [0.25, 0.3) is 0 Å². The van der Waals surface area contributed by atoms with Gasteiger partial charge in [-0.05, 0) is 50.5 Å². The maximum absolute atomic E-state index is 6.05. The topological polar surface area (TPSA) is 30.5 Å². The summed E-state index contributed by atoms with van der Waals surface area (Å²) in [5.41, 5.74) is 0.0964. The van der Waals surface area contributed by atoms with Gasteiger partial charge in [-0.2, -0.15) is 0 Å². The number of ether oxygens (including phenoxy) is 2. The lowest BCUT2D eigenvalue weighted by atomic mass is 9.77. The average molecular weight is 253 g/mol. The first kappa shape index (κ1) is 12.9. The molecule has 3 heteroatoms. The molecule has 18 heavy (non-hydrogen) atoms. The summed E-state index contributed by atoms with van der Waals surface area (Å²) in [4.78, 5) is 0. The van der Waals surface area contributed by atoms with Crippen molar-refractivity contribution >= 4 is 0 Å². The minimum absolute atomic E-state index is 0.0964. The van der Waals surface area contributed by atoms with Crippen molar-refractivity contribution in [1.82, 2.24) is 5.32 Å². The lowest BCUT2D eigenvalue weighted by Crippen LogP contribution is -2.42. The first-order valence-electron chi connectivity index (χ1n) is 7.76. The fourth-order valence-electron chi connectivity index (χ4n) is 4.25. The summed E-state index contributed by atoms with van der Waals surface area (Å²) in [6.45, 7) is 6.02. The monoisotopic (exact) mass is 253 g/mol. The third kappa shape index (κ3) is 2.59. The first-order valence-corrected chi connectivity index (χ1v) is 7.76. The molecule has 2 heterocycles. The van der Waals surface area contributed by atoms with Gasteiger partial charge in [0.2, 0.25) is 0 Å². The molecule has 3 fully saturated rings. The lowest BCUT2D eigenvalue weighted by molar-refractivity contribution is -0.106. The van der Waals surface area contributed by atoms with Crippen LogP contribution in [0.4, 0.5) is 0 Å². The Balaban J connectivity index is 1.56. The van der Waals surface area contributed by atoms with Crippen molar-refractivity contribution in [2.24, 2.45) is 11.8 Å². The quantitative estimate of drug-likeness (QED) is 0.837. The number of hydrogen-bond donors (Lipinski definition) is 1. The van der Waals surface area contributed by atoms with Gasteiger partial charge in [0, 0.05) is 25.7 Å². The van der Waals surface area contributed by atoms with Crippen molar-refractivity contribution in [2.45, 2.75) is 57.1 Å². The van der Waals surface area contributed by atoms with Gasteiger partial charge >= 0.3 is 0 Å². The van der Waals surface area contributed by atoms with E-state index in [0.717, 1.165) is 50.7 Å². The molecule has 104 valence electrons. The Bertz CT molecular complexity index is 276. The summed E-state index contributed by atoms with van der Waals surface area (Å²) in [5.74, 6) is 1.81. The molecule has 0 aromatic heterocycles. The van der Waals surface area contributed by atoms with Gasteiger partial charge in [-0.3, -0.25) is 0 Å². The van der Waals surface area contributed by atoms with Gasteiger partial charge in [0.25, 0.3) is 0 Å². The fraction of sp³-hybridized carbons (Fsp3) is 1.00. The predicted molar refractivity (Wildman–Crippen MR) is 71.6 cm³/mol. The van der Waals surface area contributed by atoms with Crippen LogP contribution >= 0.6 is 0 Å². The summed E-state index contributed by atoms with van der Waals surface area (Å²) >= 11 is 0. The van der Waals surface area contributed by atoms with Gasteiger partial charge in [-0.25, -0.2) is 0 Å². The van der Waals surface area contributed by atoms with Crippen LogP contribution in [0.2, 0.25) is 0 Å². The minimum Gasteiger partial charge on any atom is -0.378 e. The maximum Gasteiger partial charge on any atom is 0.0939 e. The van der Waals surface area contributed by atoms with Crippen LogP contribution in [-0.4, -0.2) is 38.0 Å². The maximum atomic E-state index is 6.05. The van der Waals surface area contributed by atoms with Crippen molar-refractivity contribution in [3.05, 3.63) is 0 Å². The summed E-state index contributed by atoms with van der Waals surface area (Å²) in [5, 5.41) is 3.62. The Morgan fingerprint density at radius 2 is 2.11 bits per heavy atom. The van der Waals surface area contributed by atoms with Gasteiger partial charge in [0.1, 0.15) is 0 Å². The fourth-order valence-corrected chi connectivity index (χ4v) is 4.25. The number of rotatable bonds is 3. The van der Waals surface area contributed by atoms with Crippen molar-refractivity contribution in [3.8, 4) is 0 Å². The Hall–Kier alpha value is -0.120. The molecule has 2 saturated heterocycles. The summed E-state index contributed by atoms with van der Waals surface area (Å²) < 4.78 is 11.6. The second-order valence-corrected chi connectivity index (χ2v) is 6.41. The zero-order valence-corrected chi connectivity index (χ0v) is 11.6. The molecule has 0 aromatic carbocycles. The third-order valence-corrected chi connectivity index (χ3v) is 5.23. The van der Waals surface area contributed by atoms with E-state index in [2.05, 4.69) is 12.2 Å². The molecule has 1 spiro atoms. The Kier molecular flexibility index (Phi) is 3.92.